The lowest BCUT2D eigenvalue weighted by atomic mass is 10.0. The Morgan fingerprint density at radius 1 is 1.35 bits per heavy atom. The van der Waals surface area contributed by atoms with Crippen molar-refractivity contribution >= 4 is 29.2 Å². The summed E-state index contributed by atoms with van der Waals surface area (Å²) in [6.45, 7) is 6.71. The number of hydrogen-bond acceptors (Lipinski definition) is 6. The summed E-state index contributed by atoms with van der Waals surface area (Å²) in [5, 5.41) is 0. The van der Waals surface area contributed by atoms with Gasteiger partial charge in [0.2, 0.25) is 4.38 Å². The van der Waals surface area contributed by atoms with Crippen LogP contribution in [0.15, 0.2) is 30.3 Å². The van der Waals surface area contributed by atoms with E-state index in [4.69, 9.17) is 35.9 Å². The van der Waals surface area contributed by atoms with Gasteiger partial charge in [-0.3, -0.25) is 0 Å². The first-order valence-corrected chi connectivity index (χ1v) is 9.72. The molecule has 1 aromatic rings. The number of benzene rings is 1. The van der Waals surface area contributed by atoms with Gasteiger partial charge in [0, 0.05) is 6.42 Å². The first kappa shape index (κ1) is 20.0. The number of ether oxygens (including phenoxy) is 5. The predicted molar refractivity (Wildman–Crippen MR) is 105 cm³/mol. The van der Waals surface area contributed by atoms with Crippen LogP contribution in [0.1, 0.15) is 32.8 Å². The number of rotatable bonds is 6. The van der Waals surface area contributed by atoms with Gasteiger partial charge in [0.15, 0.2) is 5.79 Å². The van der Waals surface area contributed by atoms with Crippen LogP contribution in [0.25, 0.3) is 0 Å². The van der Waals surface area contributed by atoms with E-state index >= 15 is 0 Å². The van der Waals surface area contributed by atoms with Gasteiger partial charge in [-0.1, -0.05) is 43.0 Å². The van der Waals surface area contributed by atoms with Crippen LogP contribution in [0.5, 0.6) is 0 Å². The fourth-order valence-electron chi connectivity index (χ4n) is 3.46. The van der Waals surface area contributed by atoms with Crippen molar-refractivity contribution in [2.24, 2.45) is 0 Å². The molecule has 0 saturated carbocycles. The van der Waals surface area contributed by atoms with E-state index in [1.54, 1.807) is 0 Å². The highest BCUT2D eigenvalue weighted by Crippen LogP contribution is 2.34. The van der Waals surface area contributed by atoms with Crippen LogP contribution in [0.2, 0.25) is 0 Å². The lowest BCUT2D eigenvalue weighted by Gasteiger charge is -2.31. The summed E-state index contributed by atoms with van der Waals surface area (Å²) in [4.78, 5) is 0. The van der Waals surface area contributed by atoms with Crippen LogP contribution in [0, 0.1) is 0 Å². The quantitative estimate of drug-likeness (QED) is 0.585. The Bertz CT molecular complexity index is 609. The first-order chi connectivity index (χ1) is 12.3. The molecule has 26 heavy (non-hydrogen) atoms. The molecule has 7 heteroatoms. The molecule has 0 radical (unpaired) electrons. The minimum Gasteiger partial charge on any atom is -0.472 e. The maximum absolute atomic E-state index is 6.27. The van der Waals surface area contributed by atoms with E-state index in [2.05, 4.69) is 12.6 Å². The second-order valence-electron chi connectivity index (χ2n) is 7.20. The standard InChI is InChI=1S/C19H26O5S2/c1-12-9-14(23-18(25)26)17(22-12)16(15-11-21-19(2,3)24-15)20-10-13-7-5-4-6-8-13/h4-8,12,14-17H,9-11H2,1-3H3,(H,25,26)/t12?,14-,15+,16-,17-/m1/s1. The molecular weight excluding hydrogens is 372 g/mol. The van der Waals surface area contributed by atoms with E-state index in [0.717, 1.165) is 12.0 Å². The van der Waals surface area contributed by atoms with Crippen molar-refractivity contribution in [1.82, 2.24) is 0 Å². The Morgan fingerprint density at radius 3 is 2.69 bits per heavy atom. The molecule has 2 fully saturated rings. The van der Waals surface area contributed by atoms with Gasteiger partial charge in [-0.2, -0.15) is 0 Å². The number of hydrogen-bond donors (Lipinski definition) is 1. The molecule has 5 nitrogen and oxygen atoms in total. The van der Waals surface area contributed by atoms with Gasteiger partial charge in [-0.25, -0.2) is 0 Å². The fourth-order valence-corrected chi connectivity index (χ4v) is 3.72. The van der Waals surface area contributed by atoms with Crippen LogP contribution in [0.4, 0.5) is 0 Å². The molecular formula is C19H26O5S2. The Balaban J connectivity index is 1.76. The Kier molecular flexibility index (Phi) is 6.59. The molecule has 0 amide bonds. The average Bonchev–Trinajstić information content (AvgIpc) is 3.11. The predicted octanol–water partition coefficient (Wildman–Crippen LogP) is 3.50. The van der Waals surface area contributed by atoms with Crippen LogP contribution in [0.3, 0.4) is 0 Å². The Hall–Kier alpha value is -0.700. The zero-order valence-electron chi connectivity index (χ0n) is 15.3. The molecule has 1 aromatic carbocycles. The molecule has 2 aliphatic heterocycles. The molecule has 144 valence electrons. The lowest BCUT2D eigenvalue weighted by Crippen LogP contribution is -2.47. The van der Waals surface area contributed by atoms with Crippen molar-refractivity contribution in [3.05, 3.63) is 35.9 Å². The van der Waals surface area contributed by atoms with Gasteiger partial charge < -0.3 is 23.7 Å². The van der Waals surface area contributed by atoms with E-state index in [-0.39, 0.29) is 34.9 Å². The lowest BCUT2D eigenvalue weighted by molar-refractivity contribution is -0.181. The average molecular weight is 399 g/mol. The van der Waals surface area contributed by atoms with Crippen molar-refractivity contribution in [3.63, 3.8) is 0 Å². The van der Waals surface area contributed by atoms with E-state index in [0.29, 0.717) is 13.2 Å². The van der Waals surface area contributed by atoms with Crippen molar-refractivity contribution in [1.29, 1.82) is 0 Å². The van der Waals surface area contributed by atoms with E-state index in [1.165, 1.54) is 0 Å². The molecule has 1 unspecified atom stereocenters. The van der Waals surface area contributed by atoms with Crippen molar-refractivity contribution in [3.8, 4) is 0 Å². The van der Waals surface area contributed by atoms with Crippen LogP contribution >= 0.6 is 24.8 Å². The van der Waals surface area contributed by atoms with E-state index < -0.39 is 5.79 Å². The molecule has 5 atom stereocenters. The van der Waals surface area contributed by atoms with Crippen molar-refractivity contribution in [2.45, 2.75) is 70.1 Å². The van der Waals surface area contributed by atoms with E-state index in [1.807, 2.05) is 51.1 Å². The summed E-state index contributed by atoms with van der Waals surface area (Å²) in [5.41, 5.74) is 1.09. The van der Waals surface area contributed by atoms with Crippen LogP contribution in [-0.4, -0.2) is 47.3 Å². The van der Waals surface area contributed by atoms with E-state index in [9.17, 15) is 0 Å². The van der Waals surface area contributed by atoms with Crippen molar-refractivity contribution in [2.75, 3.05) is 6.61 Å². The minimum atomic E-state index is -0.640. The highest BCUT2D eigenvalue weighted by atomic mass is 32.1. The second-order valence-corrected chi connectivity index (χ2v) is 8.28. The minimum absolute atomic E-state index is 0.0471. The Labute approximate surface area is 165 Å². The fraction of sp³-hybridized carbons (Fsp3) is 0.632. The van der Waals surface area contributed by atoms with Gasteiger partial charge in [0.1, 0.15) is 24.4 Å². The third kappa shape index (κ3) is 5.18. The Morgan fingerprint density at radius 2 is 2.08 bits per heavy atom. The first-order valence-electron chi connectivity index (χ1n) is 8.86. The number of thiol groups is 1. The van der Waals surface area contributed by atoms with Gasteiger partial charge in [-0.05, 0) is 38.6 Å². The molecule has 2 saturated heterocycles. The van der Waals surface area contributed by atoms with Crippen molar-refractivity contribution < 1.29 is 23.7 Å². The molecule has 0 spiro atoms. The third-order valence-corrected chi connectivity index (χ3v) is 4.78. The molecule has 0 aliphatic carbocycles. The smallest absolute Gasteiger partial charge is 0.217 e. The summed E-state index contributed by atoms with van der Waals surface area (Å²) in [6.07, 6.45) is -0.332. The highest BCUT2D eigenvalue weighted by molar-refractivity contribution is 8.10. The normalized spacial score (nSPS) is 31.7. The topological polar surface area (TPSA) is 46.2 Å². The summed E-state index contributed by atoms with van der Waals surface area (Å²) >= 11 is 9.13. The summed E-state index contributed by atoms with van der Waals surface area (Å²) < 4.78 is 30.2. The van der Waals surface area contributed by atoms with Crippen LogP contribution < -0.4 is 0 Å². The van der Waals surface area contributed by atoms with Gasteiger partial charge in [-0.15, -0.1) is 0 Å². The summed E-state index contributed by atoms with van der Waals surface area (Å²) in [6, 6.07) is 10.0. The molecule has 2 heterocycles. The SMILES string of the molecule is CC1C[C@@H](OC(=S)S)[C@H]([C@H](OCc2ccccc2)[C@@H]2COC(C)(C)O2)O1. The zero-order chi connectivity index (χ0) is 18.7. The van der Waals surface area contributed by atoms with Crippen LogP contribution in [-0.2, 0) is 30.3 Å². The summed E-state index contributed by atoms with van der Waals surface area (Å²) in [5.74, 6) is -0.640. The van der Waals surface area contributed by atoms with Gasteiger partial charge >= 0.3 is 0 Å². The number of thiocarbonyl (C=S) groups is 1. The third-order valence-electron chi connectivity index (χ3n) is 4.58. The van der Waals surface area contributed by atoms with Gasteiger partial charge in [0.25, 0.3) is 0 Å². The zero-order valence-corrected chi connectivity index (χ0v) is 17.0. The second kappa shape index (κ2) is 8.54. The molecule has 0 bridgehead atoms. The monoisotopic (exact) mass is 398 g/mol. The molecule has 0 N–H and O–H groups in total. The molecule has 2 aliphatic rings. The highest BCUT2D eigenvalue weighted by Gasteiger charge is 2.48. The molecule has 0 aromatic heterocycles. The maximum Gasteiger partial charge on any atom is 0.217 e. The molecule has 3 rings (SSSR count). The summed E-state index contributed by atoms with van der Waals surface area (Å²) in [7, 11) is 0. The largest absolute Gasteiger partial charge is 0.472 e. The maximum atomic E-state index is 6.27. The van der Waals surface area contributed by atoms with Gasteiger partial charge in [0.05, 0.1) is 19.3 Å².